The number of carbonyl (C=O) groups excluding carboxylic acids is 1. The molecule has 0 bridgehead atoms. The van der Waals surface area contributed by atoms with Crippen LogP contribution in [0.4, 0.5) is 4.79 Å². The van der Waals surface area contributed by atoms with Crippen molar-refractivity contribution in [1.29, 1.82) is 0 Å². The molecule has 0 radical (unpaired) electrons. The van der Waals surface area contributed by atoms with E-state index < -0.39 is 22.3 Å². The molecule has 0 saturated heterocycles. The second kappa shape index (κ2) is 6.56. The molecule has 0 unspecified atom stereocenters. The Hall–Kier alpha value is -0.816. The molecule has 0 aliphatic rings. The third kappa shape index (κ3) is 6.25. The van der Waals surface area contributed by atoms with E-state index in [1.165, 1.54) is 17.5 Å². The molecule has 0 aromatic carbocycles. The van der Waals surface area contributed by atoms with Gasteiger partial charge in [-0.25, -0.2) is 4.79 Å². The molecular weight excluding hydrogens is 272 g/mol. The predicted octanol–water partition coefficient (Wildman–Crippen LogP) is 4.74. The molecule has 0 heterocycles. The summed E-state index contributed by atoms with van der Waals surface area (Å²) in [6, 6.07) is 0. The Morgan fingerprint density at radius 3 is 1.84 bits per heavy atom. The summed E-state index contributed by atoms with van der Waals surface area (Å²) >= 11 is 0. The van der Waals surface area contributed by atoms with Crippen LogP contribution in [-0.2, 0) is 9.47 Å². The quantitative estimate of drug-likeness (QED) is 0.418. The lowest BCUT2D eigenvalue weighted by atomic mass is 10.3. The minimum absolute atomic E-state index is 0.646. The Balaban J connectivity index is 5.30. The molecule has 0 aliphatic carbocycles. The first kappa shape index (κ1) is 18.2. The first-order valence-electron chi connectivity index (χ1n) is 6.54. The van der Waals surface area contributed by atoms with Crippen LogP contribution >= 0.6 is 0 Å². The third-order valence-corrected chi connectivity index (χ3v) is 7.82. The lowest BCUT2D eigenvalue weighted by Crippen LogP contribution is -2.31. The first-order valence-corrected chi connectivity index (χ1v) is 13.5. The van der Waals surface area contributed by atoms with Crippen LogP contribution in [0.5, 0.6) is 0 Å². The molecule has 3 nitrogen and oxygen atoms in total. The Kier molecular flexibility index (Phi) is 6.28. The monoisotopic (exact) mass is 300 g/mol. The maximum atomic E-state index is 11.3. The fourth-order valence-electron chi connectivity index (χ4n) is 1.62. The van der Waals surface area contributed by atoms with E-state index in [1.807, 2.05) is 6.92 Å². The smallest absolute Gasteiger partial charge is 0.437 e. The fourth-order valence-corrected chi connectivity index (χ4v) is 4.36. The summed E-state index contributed by atoms with van der Waals surface area (Å²) in [5.74, 6) is 0.686. The van der Waals surface area contributed by atoms with Crippen molar-refractivity contribution >= 4 is 22.3 Å². The summed E-state index contributed by atoms with van der Waals surface area (Å²) < 4.78 is 9.79. The SMILES string of the molecule is C=C(C/C(=C(\C)OC(=O)OC)[Si](C)(C)C)[Si](C)(C)C. The van der Waals surface area contributed by atoms with E-state index >= 15 is 0 Å². The van der Waals surface area contributed by atoms with Gasteiger partial charge in [-0.15, -0.1) is 6.58 Å². The van der Waals surface area contributed by atoms with E-state index in [0.29, 0.717) is 5.76 Å². The number of hydrogen-bond acceptors (Lipinski definition) is 3. The maximum absolute atomic E-state index is 11.3. The van der Waals surface area contributed by atoms with E-state index in [1.54, 1.807) is 0 Å². The van der Waals surface area contributed by atoms with Crippen molar-refractivity contribution < 1.29 is 14.3 Å². The molecule has 19 heavy (non-hydrogen) atoms. The van der Waals surface area contributed by atoms with Crippen LogP contribution in [0, 0.1) is 0 Å². The number of methoxy groups -OCH3 is 1. The highest BCUT2D eigenvalue weighted by Crippen LogP contribution is 2.29. The zero-order chi connectivity index (χ0) is 15.4. The van der Waals surface area contributed by atoms with Crippen molar-refractivity contribution in [3.8, 4) is 0 Å². The van der Waals surface area contributed by atoms with Crippen LogP contribution < -0.4 is 0 Å². The van der Waals surface area contributed by atoms with Crippen LogP contribution in [0.2, 0.25) is 39.3 Å². The van der Waals surface area contributed by atoms with Crippen LogP contribution in [0.25, 0.3) is 0 Å². The molecule has 110 valence electrons. The lowest BCUT2D eigenvalue weighted by Gasteiger charge is -2.28. The number of allylic oxidation sites excluding steroid dienone is 3. The van der Waals surface area contributed by atoms with E-state index in [0.717, 1.165) is 6.42 Å². The van der Waals surface area contributed by atoms with Gasteiger partial charge in [0.2, 0.25) is 0 Å². The van der Waals surface area contributed by atoms with E-state index in [4.69, 9.17) is 4.74 Å². The van der Waals surface area contributed by atoms with Gasteiger partial charge in [0.25, 0.3) is 0 Å². The normalized spacial score (nSPS) is 13.7. The maximum Gasteiger partial charge on any atom is 0.513 e. The molecule has 0 fully saturated rings. The van der Waals surface area contributed by atoms with Gasteiger partial charge in [0.15, 0.2) is 0 Å². The molecule has 0 aliphatic heterocycles. The van der Waals surface area contributed by atoms with Crippen LogP contribution in [0.3, 0.4) is 0 Å². The Bertz CT molecular complexity index is 384. The fraction of sp³-hybridized carbons (Fsp3) is 0.643. The molecule has 0 rings (SSSR count). The number of ether oxygens (including phenoxy) is 2. The summed E-state index contributed by atoms with van der Waals surface area (Å²) in [4.78, 5) is 11.3. The predicted molar refractivity (Wildman–Crippen MR) is 86.6 cm³/mol. The highest BCUT2D eigenvalue weighted by molar-refractivity contribution is 6.85. The van der Waals surface area contributed by atoms with E-state index in [2.05, 4.69) is 50.6 Å². The lowest BCUT2D eigenvalue weighted by molar-refractivity contribution is 0.0969. The third-order valence-electron chi connectivity index (χ3n) is 3.18. The minimum Gasteiger partial charge on any atom is -0.437 e. The molecule has 0 spiro atoms. The Labute approximate surface area is 119 Å². The van der Waals surface area contributed by atoms with Crippen LogP contribution in [-0.4, -0.2) is 29.4 Å². The standard InChI is InChI=1S/C14H28O3Si2/c1-11(18(4,5)6)10-13(19(7,8)9)12(2)17-14(15)16-3/h1,10H2,2-9H3/b13-12-. The largest absolute Gasteiger partial charge is 0.513 e. The van der Waals surface area contributed by atoms with Crippen molar-refractivity contribution in [2.45, 2.75) is 52.6 Å². The second-order valence-corrected chi connectivity index (χ2v) is 17.2. The second-order valence-electron chi connectivity index (χ2n) is 6.87. The van der Waals surface area contributed by atoms with Crippen molar-refractivity contribution in [2.24, 2.45) is 0 Å². The van der Waals surface area contributed by atoms with Gasteiger partial charge in [0.05, 0.1) is 23.3 Å². The van der Waals surface area contributed by atoms with E-state index in [-0.39, 0.29) is 0 Å². The molecule has 0 N–H and O–H groups in total. The topological polar surface area (TPSA) is 35.5 Å². The van der Waals surface area contributed by atoms with Gasteiger partial charge >= 0.3 is 6.16 Å². The number of rotatable bonds is 5. The van der Waals surface area contributed by atoms with Gasteiger partial charge in [-0.1, -0.05) is 44.5 Å². The summed E-state index contributed by atoms with van der Waals surface area (Å²) in [5, 5.41) is 2.53. The zero-order valence-corrected chi connectivity index (χ0v) is 15.6. The zero-order valence-electron chi connectivity index (χ0n) is 13.6. The van der Waals surface area contributed by atoms with Gasteiger partial charge in [-0.3, -0.25) is 0 Å². The van der Waals surface area contributed by atoms with Gasteiger partial charge < -0.3 is 9.47 Å². The Morgan fingerprint density at radius 2 is 1.53 bits per heavy atom. The summed E-state index contributed by atoms with van der Waals surface area (Å²) in [6.07, 6.45) is 0.195. The van der Waals surface area contributed by atoms with Gasteiger partial charge in [0.1, 0.15) is 5.76 Å². The average Bonchev–Trinajstić information content (AvgIpc) is 2.21. The van der Waals surface area contributed by atoms with Crippen molar-refractivity contribution in [1.82, 2.24) is 0 Å². The summed E-state index contributed by atoms with van der Waals surface area (Å²) in [5.41, 5.74) is 0. The first-order chi connectivity index (χ1) is 8.39. The molecular formula is C14H28O3Si2. The number of carbonyl (C=O) groups is 1. The van der Waals surface area contributed by atoms with Gasteiger partial charge in [0, 0.05) is 0 Å². The minimum atomic E-state index is -1.56. The molecule has 0 saturated carbocycles. The van der Waals surface area contributed by atoms with Gasteiger partial charge in [-0.05, 0) is 18.5 Å². The highest BCUT2D eigenvalue weighted by Gasteiger charge is 2.28. The van der Waals surface area contributed by atoms with Crippen LogP contribution in [0.15, 0.2) is 22.7 Å². The van der Waals surface area contributed by atoms with Crippen LogP contribution in [0.1, 0.15) is 13.3 Å². The summed E-state index contributed by atoms with van der Waals surface area (Å²) in [7, 11) is -1.61. The van der Waals surface area contributed by atoms with Crippen molar-refractivity contribution in [2.75, 3.05) is 7.11 Å². The molecule has 5 heteroatoms. The molecule has 0 aromatic rings. The average molecular weight is 301 g/mol. The van der Waals surface area contributed by atoms with Gasteiger partial charge in [-0.2, -0.15) is 0 Å². The molecule has 0 aromatic heterocycles. The molecule has 0 atom stereocenters. The number of hydrogen-bond donors (Lipinski definition) is 0. The van der Waals surface area contributed by atoms with E-state index in [9.17, 15) is 4.79 Å². The summed E-state index contributed by atoms with van der Waals surface area (Å²) in [6.45, 7) is 19.7. The Morgan fingerprint density at radius 1 is 1.05 bits per heavy atom. The van der Waals surface area contributed by atoms with Crippen molar-refractivity contribution in [3.63, 3.8) is 0 Å². The highest BCUT2D eigenvalue weighted by atomic mass is 28.3. The van der Waals surface area contributed by atoms with Crippen molar-refractivity contribution in [3.05, 3.63) is 22.7 Å². The molecule has 0 amide bonds.